The van der Waals surface area contributed by atoms with Crippen molar-refractivity contribution in [2.45, 2.75) is 58.9 Å². The quantitative estimate of drug-likeness (QED) is 0.720. The molecule has 0 spiro atoms. The van der Waals surface area contributed by atoms with Crippen LogP contribution < -0.4 is 5.32 Å². The van der Waals surface area contributed by atoms with E-state index in [9.17, 15) is 0 Å². The summed E-state index contributed by atoms with van der Waals surface area (Å²) in [6.45, 7) is 8.25. The summed E-state index contributed by atoms with van der Waals surface area (Å²) in [4.78, 5) is 0. The van der Waals surface area contributed by atoms with Crippen molar-refractivity contribution in [1.82, 2.24) is 5.32 Å². The average molecular weight is 352 g/mol. The van der Waals surface area contributed by atoms with E-state index in [4.69, 9.17) is 0 Å². The predicted octanol–water partition coefficient (Wildman–Crippen LogP) is 5.43. The van der Waals surface area contributed by atoms with Crippen LogP contribution in [0.15, 0.2) is 28.7 Å². The molecule has 0 aliphatic heterocycles. The molecule has 3 unspecified atom stereocenters. The lowest BCUT2D eigenvalue weighted by Gasteiger charge is -2.37. The molecule has 0 saturated heterocycles. The molecule has 1 aliphatic rings. The van der Waals surface area contributed by atoms with Gasteiger partial charge in [-0.3, -0.25) is 0 Å². The van der Waals surface area contributed by atoms with Gasteiger partial charge in [0.15, 0.2) is 0 Å². The third-order valence-corrected chi connectivity index (χ3v) is 5.61. The topological polar surface area (TPSA) is 12.0 Å². The zero-order valence-corrected chi connectivity index (χ0v) is 15.3. The summed E-state index contributed by atoms with van der Waals surface area (Å²) >= 11 is 3.71. The van der Waals surface area contributed by atoms with E-state index in [1.165, 1.54) is 35.7 Å². The van der Waals surface area contributed by atoms with Crippen LogP contribution in [0.4, 0.5) is 0 Å². The number of benzene rings is 1. The minimum atomic E-state index is 0.619. The maximum absolute atomic E-state index is 3.84. The summed E-state index contributed by atoms with van der Waals surface area (Å²) in [5.41, 5.74) is 1.44. The summed E-state index contributed by atoms with van der Waals surface area (Å²) in [6.07, 6.45) is 6.54. The molecule has 0 aromatic heterocycles. The maximum atomic E-state index is 3.84. The van der Waals surface area contributed by atoms with Crippen molar-refractivity contribution in [3.63, 3.8) is 0 Å². The second-order valence-corrected chi connectivity index (χ2v) is 7.89. The normalized spacial score (nSPS) is 27.5. The summed E-state index contributed by atoms with van der Waals surface area (Å²) in [7, 11) is 0. The molecule has 21 heavy (non-hydrogen) atoms. The number of halogens is 1. The highest BCUT2D eigenvalue weighted by molar-refractivity contribution is 9.10. The first-order valence-electron chi connectivity index (χ1n) is 8.56. The molecular formula is C19H30BrN. The third-order valence-electron chi connectivity index (χ3n) is 4.84. The molecule has 1 fully saturated rings. The van der Waals surface area contributed by atoms with Crippen LogP contribution in [0.3, 0.4) is 0 Å². The van der Waals surface area contributed by atoms with Gasteiger partial charge in [-0.15, -0.1) is 0 Å². The minimum absolute atomic E-state index is 0.619. The Morgan fingerprint density at radius 1 is 1.14 bits per heavy atom. The van der Waals surface area contributed by atoms with Crippen molar-refractivity contribution < 1.29 is 0 Å². The first-order valence-corrected chi connectivity index (χ1v) is 9.36. The van der Waals surface area contributed by atoms with Crippen LogP contribution in [0.1, 0.15) is 52.0 Å². The number of rotatable bonds is 6. The zero-order chi connectivity index (χ0) is 15.2. The van der Waals surface area contributed by atoms with Gasteiger partial charge in [0, 0.05) is 10.5 Å². The Kier molecular flexibility index (Phi) is 6.75. The monoisotopic (exact) mass is 351 g/mol. The van der Waals surface area contributed by atoms with Gasteiger partial charge < -0.3 is 5.32 Å². The largest absolute Gasteiger partial charge is 0.313 e. The standard InChI is InChI=1S/C19H30BrN/c1-4-9-21-19(13-16-7-5-6-8-18(16)20)17-11-14(2)10-15(3)12-17/h5-8,14-15,17,19,21H,4,9-13H2,1-3H3. The van der Waals surface area contributed by atoms with Crippen LogP contribution in [0.2, 0.25) is 0 Å². The number of hydrogen-bond donors (Lipinski definition) is 1. The molecule has 1 aromatic carbocycles. The number of hydrogen-bond acceptors (Lipinski definition) is 1. The van der Waals surface area contributed by atoms with E-state index in [1.54, 1.807) is 0 Å². The lowest BCUT2D eigenvalue weighted by molar-refractivity contribution is 0.175. The van der Waals surface area contributed by atoms with E-state index >= 15 is 0 Å². The highest BCUT2D eigenvalue weighted by Crippen LogP contribution is 2.36. The Morgan fingerprint density at radius 3 is 2.43 bits per heavy atom. The van der Waals surface area contributed by atoms with Gasteiger partial charge >= 0.3 is 0 Å². The van der Waals surface area contributed by atoms with Gasteiger partial charge in [0.05, 0.1) is 0 Å². The van der Waals surface area contributed by atoms with Crippen LogP contribution >= 0.6 is 15.9 Å². The Bertz CT molecular complexity index is 421. The molecule has 1 aromatic rings. The van der Waals surface area contributed by atoms with Crippen molar-refractivity contribution in [3.8, 4) is 0 Å². The van der Waals surface area contributed by atoms with Crippen molar-refractivity contribution >= 4 is 15.9 Å². The van der Waals surface area contributed by atoms with E-state index in [0.717, 1.165) is 30.7 Å². The van der Waals surface area contributed by atoms with E-state index < -0.39 is 0 Å². The molecule has 0 radical (unpaired) electrons. The van der Waals surface area contributed by atoms with Crippen LogP contribution in [0.5, 0.6) is 0 Å². The molecular weight excluding hydrogens is 322 g/mol. The molecule has 1 nitrogen and oxygen atoms in total. The lowest BCUT2D eigenvalue weighted by Crippen LogP contribution is -2.41. The van der Waals surface area contributed by atoms with Crippen LogP contribution in [-0.2, 0) is 6.42 Å². The summed E-state index contributed by atoms with van der Waals surface area (Å²) < 4.78 is 1.25. The van der Waals surface area contributed by atoms with E-state index in [1.807, 2.05) is 0 Å². The van der Waals surface area contributed by atoms with Crippen molar-refractivity contribution in [2.24, 2.45) is 17.8 Å². The summed E-state index contributed by atoms with van der Waals surface area (Å²) in [6, 6.07) is 9.31. The van der Waals surface area contributed by atoms with Crippen LogP contribution in [0, 0.1) is 17.8 Å². The van der Waals surface area contributed by atoms with Crippen molar-refractivity contribution in [3.05, 3.63) is 34.3 Å². The third kappa shape index (κ3) is 5.10. The Balaban J connectivity index is 2.08. The van der Waals surface area contributed by atoms with Gasteiger partial charge in [-0.05, 0) is 68.0 Å². The molecule has 2 heteroatoms. The zero-order valence-electron chi connectivity index (χ0n) is 13.7. The van der Waals surface area contributed by atoms with Gasteiger partial charge in [-0.2, -0.15) is 0 Å². The molecule has 0 bridgehead atoms. The minimum Gasteiger partial charge on any atom is -0.313 e. The average Bonchev–Trinajstić information content (AvgIpc) is 2.44. The fourth-order valence-corrected chi connectivity index (χ4v) is 4.42. The second-order valence-electron chi connectivity index (χ2n) is 7.03. The fraction of sp³-hybridized carbons (Fsp3) is 0.684. The highest BCUT2D eigenvalue weighted by atomic mass is 79.9. The predicted molar refractivity (Wildman–Crippen MR) is 95.6 cm³/mol. The van der Waals surface area contributed by atoms with Crippen molar-refractivity contribution in [2.75, 3.05) is 6.54 Å². The van der Waals surface area contributed by atoms with E-state index in [-0.39, 0.29) is 0 Å². The first-order chi connectivity index (χ1) is 10.1. The van der Waals surface area contributed by atoms with Gasteiger partial charge in [-0.1, -0.05) is 54.9 Å². The van der Waals surface area contributed by atoms with Crippen LogP contribution in [0.25, 0.3) is 0 Å². The van der Waals surface area contributed by atoms with Gasteiger partial charge in [0.1, 0.15) is 0 Å². The Hall–Kier alpha value is -0.340. The van der Waals surface area contributed by atoms with Crippen molar-refractivity contribution in [1.29, 1.82) is 0 Å². The van der Waals surface area contributed by atoms with Crippen LogP contribution in [-0.4, -0.2) is 12.6 Å². The molecule has 1 saturated carbocycles. The summed E-state index contributed by atoms with van der Waals surface area (Å²) in [5, 5.41) is 3.84. The first kappa shape index (κ1) is 17.0. The number of nitrogens with one attached hydrogen (secondary N) is 1. The molecule has 1 aliphatic carbocycles. The Labute approximate surface area is 139 Å². The Morgan fingerprint density at radius 2 is 1.81 bits per heavy atom. The highest BCUT2D eigenvalue weighted by Gasteiger charge is 2.30. The van der Waals surface area contributed by atoms with E-state index in [0.29, 0.717) is 6.04 Å². The molecule has 0 amide bonds. The molecule has 3 atom stereocenters. The summed E-state index contributed by atoms with van der Waals surface area (Å²) in [5.74, 6) is 2.58. The molecule has 1 N–H and O–H groups in total. The lowest BCUT2D eigenvalue weighted by atomic mass is 9.72. The second kappa shape index (κ2) is 8.33. The molecule has 0 heterocycles. The van der Waals surface area contributed by atoms with Gasteiger partial charge in [0.2, 0.25) is 0 Å². The smallest absolute Gasteiger partial charge is 0.0207 e. The van der Waals surface area contributed by atoms with Gasteiger partial charge in [0.25, 0.3) is 0 Å². The SMILES string of the molecule is CCCNC(Cc1ccccc1Br)C1CC(C)CC(C)C1. The fourth-order valence-electron chi connectivity index (χ4n) is 3.97. The molecule has 118 valence electrons. The maximum Gasteiger partial charge on any atom is 0.0207 e. The molecule has 2 rings (SSSR count). The van der Waals surface area contributed by atoms with Gasteiger partial charge in [-0.25, -0.2) is 0 Å². The van der Waals surface area contributed by atoms with E-state index in [2.05, 4.69) is 66.3 Å².